The first-order valence-electron chi connectivity index (χ1n) is 6.79. The second-order valence-corrected chi connectivity index (χ2v) is 5.04. The van der Waals surface area contributed by atoms with Crippen LogP contribution in [-0.4, -0.2) is 30.3 Å². The monoisotopic (exact) mass is 287 g/mol. The maximum atomic E-state index is 12.2. The van der Waals surface area contributed by atoms with Gasteiger partial charge in [0.2, 0.25) is 0 Å². The van der Waals surface area contributed by atoms with E-state index in [1.807, 2.05) is 6.07 Å². The Morgan fingerprint density at radius 1 is 1.19 bits per heavy atom. The number of nitrogens with one attached hydrogen (secondary N) is 2. The molecule has 21 heavy (non-hydrogen) atoms. The molecular formula is C15H17N3O3. The Morgan fingerprint density at radius 3 is 2.43 bits per heavy atom. The molecule has 0 bridgehead atoms. The molecule has 1 fully saturated rings. The molecule has 0 aliphatic heterocycles. The van der Waals surface area contributed by atoms with E-state index in [1.165, 1.54) is 0 Å². The number of anilines is 1. The molecule has 1 aliphatic rings. The summed E-state index contributed by atoms with van der Waals surface area (Å²) >= 11 is 0. The smallest absolute Gasteiger partial charge is 0.276 e. The predicted octanol–water partition coefficient (Wildman–Crippen LogP) is 2.56. The van der Waals surface area contributed by atoms with Gasteiger partial charge in [0.1, 0.15) is 11.5 Å². The normalized spacial score (nSPS) is 13.8. The molecule has 1 aromatic carbocycles. The fraction of sp³-hybridized carbons (Fsp3) is 0.333. The van der Waals surface area contributed by atoms with Gasteiger partial charge in [0.05, 0.1) is 14.2 Å². The third kappa shape index (κ3) is 2.99. The van der Waals surface area contributed by atoms with Crippen LogP contribution in [0.4, 0.5) is 5.69 Å². The van der Waals surface area contributed by atoms with Gasteiger partial charge in [0.15, 0.2) is 5.69 Å². The molecule has 0 unspecified atom stereocenters. The maximum absolute atomic E-state index is 12.2. The quantitative estimate of drug-likeness (QED) is 0.886. The molecule has 0 atom stereocenters. The highest BCUT2D eigenvalue weighted by atomic mass is 16.5. The summed E-state index contributed by atoms with van der Waals surface area (Å²) in [5.41, 5.74) is 2.02. The number of aromatic amines is 1. The zero-order chi connectivity index (χ0) is 14.8. The highest BCUT2D eigenvalue weighted by molar-refractivity contribution is 6.03. The molecule has 110 valence electrons. The summed E-state index contributed by atoms with van der Waals surface area (Å²) in [4.78, 5) is 12.2. The van der Waals surface area contributed by atoms with Crippen molar-refractivity contribution in [3.63, 3.8) is 0 Å². The van der Waals surface area contributed by atoms with Gasteiger partial charge >= 0.3 is 0 Å². The van der Waals surface area contributed by atoms with Crippen LogP contribution in [0.3, 0.4) is 0 Å². The number of methoxy groups -OCH3 is 2. The van der Waals surface area contributed by atoms with Crippen LogP contribution in [0.1, 0.15) is 34.9 Å². The average molecular weight is 287 g/mol. The summed E-state index contributed by atoms with van der Waals surface area (Å²) in [7, 11) is 3.13. The third-order valence-corrected chi connectivity index (χ3v) is 3.46. The Hall–Kier alpha value is -2.50. The van der Waals surface area contributed by atoms with Crippen molar-refractivity contribution in [2.24, 2.45) is 0 Å². The number of hydrogen-bond donors (Lipinski definition) is 2. The fourth-order valence-corrected chi connectivity index (χ4v) is 2.13. The van der Waals surface area contributed by atoms with Gasteiger partial charge in [-0.3, -0.25) is 9.89 Å². The number of carbonyl (C=O) groups excluding carboxylic acids is 1. The van der Waals surface area contributed by atoms with E-state index in [1.54, 1.807) is 32.4 Å². The number of amides is 1. The average Bonchev–Trinajstić information content (AvgIpc) is 3.23. The van der Waals surface area contributed by atoms with Gasteiger partial charge in [-0.15, -0.1) is 0 Å². The fourth-order valence-electron chi connectivity index (χ4n) is 2.13. The number of H-pyrrole nitrogens is 1. The lowest BCUT2D eigenvalue weighted by Gasteiger charge is -2.08. The maximum Gasteiger partial charge on any atom is 0.276 e. The molecule has 1 aromatic heterocycles. The lowest BCUT2D eigenvalue weighted by molar-refractivity contribution is 0.102. The summed E-state index contributed by atoms with van der Waals surface area (Å²) < 4.78 is 10.4. The summed E-state index contributed by atoms with van der Waals surface area (Å²) in [6, 6.07) is 7.02. The summed E-state index contributed by atoms with van der Waals surface area (Å²) in [5.74, 6) is 1.51. The van der Waals surface area contributed by atoms with Gasteiger partial charge in [-0.2, -0.15) is 5.10 Å². The highest BCUT2D eigenvalue weighted by Gasteiger charge is 2.26. The zero-order valence-electron chi connectivity index (χ0n) is 12.0. The van der Waals surface area contributed by atoms with Gasteiger partial charge < -0.3 is 14.8 Å². The minimum atomic E-state index is -0.256. The van der Waals surface area contributed by atoms with E-state index in [0.717, 1.165) is 18.5 Å². The van der Waals surface area contributed by atoms with Crippen LogP contribution in [0.15, 0.2) is 24.3 Å². The van der Waals surface area contributed by atoms with Crippen LogP contribution >= 0.6 is 0 Å². The molecular weight excluding hydrogens is 270 g/mol. The van der Waals surface area contributed by atoms with Crippen molar-refractivity contribution < 1.29 is 14.3 Å². The molecule has 6 heteroatoms. The number of hydrogen-bond acceptors (Lipinski definition) is 4. The topological polar surface area (TPSA) is 76.2 Å². The molecule has 3 rings (SSSR count). The van der Waals surface area contributed by atoms with Gasteiger partial charge in [-0.05, 0) is 18.9 Å². The van der Waals surface area contributed by atoms with E-state index < -0.39 is 0 Å². The number of nitrogens with zero attached hydrogens (tertiary/aromatic N) is 1. The van der Waals surface area contributed by atoms with Crippen molar-refractivity contribution in [2.75, 3.05) is 19.5 Å². The molecule has 1 amide bonds. The largest absolute Gasteiger partial charge is 0.497 e. The van der Waals surface area contributed by atoms with E-state index >= 15 is 0 Å². The van der Waals surface area contributed by atoms with Crippen LogP contribution in [0.5, 0.6) is 11.5 Å². The van der Waals surface area contributed by atoms with Gasteiger partial charge in [0.25, 0.3) is 5.91 Å². The minimum absolute atomic E-state index is 0.256. The Bertz CT molecular complexity index is 640. The SMILES string of the molecule is COc1cc(NC(=O)c2cc(C3CC3)[nH]n2)cc(OC)c1. The number of benzene rings is 1. The first-order valence-corrected chi connectivity index (χ1v) is 6.79. The number of carbonyl (C=O) groups is 1. The Balaban J connectivity index is 1.76. The Kier molecular flexibility index (Phi) is 3.51. The van der Waals surface area contributed by atoms with Crippen molar-refractivity contribution in [1.82, 2.24) is 10.2 Å². The molecule has 0 spiro atoms. The molecule has 1 heterocycles. The van der Waals surface area contributed by atoms with Crippen LogP contribution < -0.4 is 14.8 Å². The Morgan fingerprint density at radius 2 is 1.86 bits per heavy atom. The van der Waals surface area contributed by atoms with Gasteiger partial charge in [0, 0.05) is 35.5 Å². The summed E-state index contributed by atoms with van der Waals surface area (Å²) in [6.45, 7) is 0. The van der Waals surface area contributed by atoms with Crippen LogP contribution in [0.25, 0.3) is 0 Å². The van der Waals surface area contributed by atoms with Crippen molar-refractivity contribution in [2.45, 2.75) is 18.8 Å². The molecule has 1 saturated carbocycles. The molecule has 2 N–H and O–H groups in total. The molecule has 0 radical (unpaired) electrons. The lowest BCUT2D eigenvalue weighted by atomic mass is 10.2. The van der Waals surface area contributed by atoms with Crippen LogP contribution in [-0.2, 0) is 0 Å². The van der Waals surface area contributed by atoms with Crippen molar-refractivity contribution in [3.8, 4) is 11.5 Å². The van der Waals surface area contributed by atoms with Crippen molar-refractivity contribution in [3.05, 3.63) is 35.7 Å². The summed E-state index contributed by atoms with van der Waals surface area (Å²) in [6.07, 6.45) is 2.33. The third-order valence-electron chi connectivity index (χ3n) is 3.46. The summed E-state index contributed by atoms with van der Waals surface area (Å²) in [5, 5.41) is 9.78. The molecule has 0 saturated heterocycles. The van der Waals surface area contributed by atoms with Crippen molar-refractivity contribution in [1.29, 1.82) is 0 Å². The predicted molar refractivity (Wildman–Crippen MR) is 78.1 cm³/mol. The Labute approximate surface area is 122 Å². The number of rotatable bonds is 5. The van der Waals surface area contributed by atoms with E-state index in [9.17, 15) is 4.79 Å². The molecule has 1 aliphatic carbocycles. The second kappa shape index (κ2) is 5.47. The number of aromatic nitrogens is 2. The first kappa shape index (κ1) is 13.5. The van der Waals surface area contributed by atoms with E-state index in [2.05, 4.69) is 15.5 Å². The van der Waals surface area contributed by atoms with E-state index in [4.69, 9.17) is 9.47 Å². The van der Waals surface area contributed by atoms with Crippen molar-refractivity contribution >= 4 is 11.6 Å². The van der Waals surface area contributed by atoms with Gasteiger partial charge in [-0.25, -0.2) is 0 Å². The molecule has 6 nitrogen and oxygen atoms in total. The van der Waals surface area contributed by atoms with E-state index in [-0.39, 0.29) is 5.91 Å². The van der Waals surface area contributed by atoms with E-state index in [0.29, 0.717) is 28.8 Å². The highest BCUT2D eigenvalue weighted by Crippen LogP contribution is 2.39. The second-order valence-electron chi connectivity index (χ2n) is 5.04. The van der Waals surface area contributed by atoms with Crippen LogP contribution in [0.2, 0.25) is 0 Å². The standard InChI is InChI=1S/C15H17N3O3/c1-20-11-5-10(6-12(7-11)21-2)16-15(19)14-8-13(17-18-14)9-3-4-9/h5-9H,3-4H2,1-2H3,(H,16,19)(H,17,18). The lowest BCUT2D eigenvalue weighted by Crippen LogP contribution is -2.12. The van der Waals surface area contributed by atoms with Crippen LogP contribution in [0, 0.1) is 0 Å². The number of ether oxygens (including phenoxy) is 2. The first-order chi connectivity index (χ1) is 10.2. The zero-order valence-corrected chi connectivity index (χ0v) is 12.0. The van der Waals surface area contributed by atoms with Gasteiger partial charge in [-0.1, -0.05) is 0 Å². The molecule has 2 aromatic rings. The minimum Gasteiger partial charge on any atom is -0.497 e.